The van der Waals surface area contributed by atoms with Crippen LogP contribution in [-0.4, -0.2) is 86.4 Å². The van der Waals surface area contributed by atoms with Gasteiger partial charge >= 0.3 is 0 Å². The molecular weight excluding hydrogens is 546 g/mol. The van der Waals surface area contributed by atoms with Gasteiger partial charge in [-0.25, -0.2) is 14.6 Å². The first kappa shape index (κ1) is 27.3. The molecule has 2 fully saturated rings. The fourth-order valence-electron chi connectivity index (χ4n) is 6.13. The van der Waals surface area contributed by atoms with Crippen molar-refractivity contribution in [3.63, 3.8) is 0 Å². The van der Waals surface area contributed by atoms with Crippen molar-refractivity contribution in [1.82, 2.24) is 34.5 Å². The van der Waals surface area contributed by atoms with Crippen molar-refractivity contribution >= 4 is 45.6 Å². The number of nitrogens with one attached hydrogen (secondary N) is 1. The van der Waals surface area contributed by atoms with Gasteiger partial charge in [0.1, 0.15) is 23.4 Å². The van der Waals surface area contributed by atoms with Crippen LogP contribution in [0.3, 0.4) is 0 Å². The maximum Gasteiger partial charge on any atom is 0.300 e. The molecule has 2 saturated heterocycles. The number of ether oxygens (including phenoxy) is 1. The van der Waals surface area contributed by atoms with Gasteiger partial charge < -0.3 is 25.1 Å². The summed E-state index contributed by atoms with van der Waals surface area (Å²) in [6, 6.07) is 12.6. The number of hydrogen-bond acceptors (Lipinski definition) is 10. The smallest absolute Gasteiger partial charge is 0.300 e. The highest BCUT2D eigenvalue weighted by Gasteiger charge is 2.29. The molecule has 0 atom stereocenters. The second kappa shape index (κ2) is 11.3. The molecule has 1 amide bonds. The zero-order valence-corrected chi connectivity index (χ0v) is 24.4. The minimum atomic E-state index is 0.102. The molecule has 2 aliphatic rings. The lowest BCUT2D eigenvalue weighted by molar-refractivity contribution is -0.134. The fourth-order valence-corrected chi connectivity index (χ4v) is 6.13. The number of nitrogen functional groups attached to an aromatic ring is 1. The number of piperidine rings is 1. The number of benzene rings is 2. The van der Waals surface area contributed by atoms with Crippen LogP contribution in [0.5, 0.6) is 0 Å². The first-order chi connectivity index (χ1) is 20.9. The summed E-state index contributed by atoms with van der Waals surface area (Å²) in [5.74, 6) is 0.568. The first-order valence-corrected chi connectivity index (χ1v) is 14.7. The second-order valence-corrected chi connectivity index (χ2v) is 11.4. The summed E-state index contributed by atoms with van der Waals surface area (Å²) in [4.78, 5) is 30.5. The molecular formula is C31H35N9O3. The molecule has 3 aromatic heterocycles. The molecule has 2 aliphatic heterocycles. The minimum absolute atomic E-state index is 0.102. The predicted molar refractivity (Wildman–Crippen MR) is 164 cm³/mol. The van der Waals surface area contributed by atoms with E-state index in [9.17, 15) is 4.79 Å². The third kappa shape index (κ3) is 5.39. The summed E-state index contributed by atoms with van der Waals surface area (Å²) in [6.45, 7) is 8.86. The van der Waals surface area contributed by atoms with Gasteiger partial charge in [-0.1, -0.05) is 18.2 Å². The lowest BCUT2D eigenvalue weighted by Crippen LogP contribution is -2.47. The largest absolute Gasteiger partial charge is 0.423 e. The monoisotopic (exact) mass is 581 g/mol. The molecule has 222 valence electrons. The Morgan fingerprint density at radius 3 is 2.58 bits per heavy atom. The molecule has 0 unspecified atom stereocenters. The van der Waals surface area contributed by atoms with Crippen LogP contribution in [0.4, 0.5) is 17.5 Å². The molecule has 0 bridgehead atoms. The van der Waals surface area contributed by atoms with Crippen molar-refractivity contribution < 1.29 is 13.9 Å². The molecule has 3 N–H and O–H groups in total. The molecule has 0 radical (unpaired) electrons. The Balaban J connectivity index is 1.09. The van der Waals surface area contributed by atoms with Crippen LogP contribution in [0, 0.1) is 13.8 Å². The number of oxazole rings is 1. The molecule has 43 heavy (non-hydrogen) atoms. The summed E-state index contributed by atoms with van der Waals surface area (Å²) in [5.41, 5.74) is 13.4. The fraction of sp³-hybridized carbons (Fsp3) is 0.387. The SMILES string of the molecule is Cc1cc(C)c2oc(Nc3ccc(-c4nn(C5CCN(C(=O)CN6CCOCC6)CC5)c5ncnc(N)c45)cc3)nc2c1. The first-order valence-electron chi connectivity index (χ1n) is 14.7. The maximum atomic E-state index is 12.9. The van der Waals surface area contributed by atoms with Gasteiger partial charge in [-0.2, -0.15) is 10.1 Å². The van der Waals surface area contributed by atoms with E-state index in [-0.39, 0.29) is 11.9 Å². The third-order valence-corrected chi connectivity index (χ3v) is 8.37. The van der Waals surface area contributed by atoms with Gasteiger partial charge in [0.05, 0.1) is 31.2 Å². The quantitative estimate of drug-likeness (QED) is 0.301. The van der Waals surface area contributed by atoms with E-state index in [1.54, 1.807) is 0 Å². The Hall–Kier alpha value is -4.55. The molecule has 12 heteroatoms. The molecule has 12 nitrogen and oxygen atoms in total. The van der Waals surface area contributed by atoms with Crippen molar-refractivity contribution in [3.05, 3.63) is 53.9 Å². The number of amides is 1. The Morgan fingerprint density at radius 2 is 1.81 bits per heavy atom. The Bertz CT molecular complexity index is 1780. The standard InChI is InChI=1S/C31H35N9O3/c1-19-15-20(2)28-24(16-19)36-31(43-28)35-22-5-3-21(4-6-22)27-26-29(32)33-18-34-30(26)40(37-27)23-7-9-39(10-8-23)25(41)17-38-11-13-42-14-12-38/h3-6,15-16,18,23H,7-14,17H2,1-2H3,(H,35,36)(H2,32,33,34). The maximum absolute atomic E-state index is 12.9. The van der Waals surface area contributed by atoms with E-state index in [0.29, 0.717) is 50.3 Å². The van der Waals surface area contributed by atoms with Gasteiger partial charge in [0.15, 0.2) is 11.2 Å². The van der Waals surface area contributed by atoms with E-state index in [2.05, 4.69) is 31.2 Å². The van der Waals surface area contributed by atoms with Crippen LogP contribution in [0.2, 0.25) is 0 Å². The summed E-state index contributed by atoms with van der Waals surface area (Å²) in [6.07, 6.45) is 3.07. The number of carbonyl (C=O) groups excluding carboxylic acids is 1. The molecule has 0 aliphatic carbocycles. The van der Waals surface area contributed by atoms with Crippen molar-refractivity contribution in [2.45, 2.75) is 32.7 Å². The zero-order chi connectivity index (χ0) is 29.5. The number of anilines is 3. The predicted octanol–water partition coefficient (Wildman–Crippen LogP) is 4.07. The number of rotatable bonds is 6. The minimum Gasteiger partial charge on any atom is -0.423 e. The molecule has 0 spiro atoms. The van der Waals surface area contributed by atoms with Gasteiger partial charge in [0, 0.05) is 37.4 Å². The number of likely N-dealkylation sites (tertiary alicyclic amines) is 1. The number of morpholine rings is 1. The Kier molecular flexibility index (Phi) is 7.15. The normalized spacial score (nSPS) is 16.7. The average Bonchev–Trinajstić information content (AvgIpc) is 3.61. The third-order valence-electron chi connectivity index (χ3n) is 8.37. The van der Waals surface area contributed by atoms with Gasteiger partial charge in [-0.15, -0.1) is 0 Å². The van der Waals surface area contributed by atoms with Crippen molar-refractivity contribution in [2.75, 3.05) is 57.0 Å². The number of nitrogens with zero attached hydrogens (tertiary/aromatic N) is 7. The van der Waals surface area contributed by atoms with Gasteiger partial charge in [0.25, 0.3) is 6.01 Å². The molecule has 0 saturated carbocycles. The van der Waals surface area contributed by atoms with Crippen molar-refractivity contribution in [2.24, 2.45) is 0 Å². The van der Waals surface area contributed by atoms with Crippen LogP contribution in [0.15, 0.2) is 47.1 Å². The van der Waals surface area contributed by atoms with Gasteiger partial charge in [-0.3, -0.25) is 9.69 Å². The van der Waals surface area contributed by atoms with Crippen LogP contribution < -0.4 is 11.1 Å². The number of aromatic nitrogens is 5. The highest BCUT2D eigenvalue weighted by atomic mass is 16.5. The average molecular weight is 582 g/mol. The number of fused-ring (bicyclic) bond motifs is 2. The van der Waals surface area contributed by atoms with E-state index < -0.39 is 0 Å². The van der Waals surface area contributed by atoms with Crippen LogP contribution in [0.1, 0.15) is 30.0 Å². The van der Waals surface area contributed by atoms with Crippen molar-refractivity contribution in [3.8, 4) is 11.3 Å². The van der Waals surface area contributed by atoms with Crippen molar-refractivity contribution in [1.29, 1.82) is 0 Å². The lowest BCUT2D eigenvalue weighted by Gasteiger charge is -2.34. The Morgan fingerprint density at radius 1 is 1.05 bits per heavy atom. The lowest BCUT2D eigenvalue weighted by atomic mass is 10.0. The number of aryl methyl sites for hydroxylation is 2. The highest BCUT2D eigenvalue weighted by molar-refractivity contribution is 5.98. The zero-order valence-electron chi connectivity index (χ0n) is 24.4. The van der Waals surface area contributed by atoms with Crippen LogP contribution in [0.25, 0.3) is 33.4 Å². The molecule has 2 aromatic carbocycles. The summed E-state index contributed by atoms with van der Waals surface area (Å²) >= 11 is 0. The summed E-state index contributed by atoms with van der Waals surface area (Å²) in [7, 11) is 0. The molecule has 7 rings (SSSR count). The van der Waals surface area contributed by atoms with E-state index in [1.807, 2.05) is 53.8 Å². The molecule has 5 heterocycles. The summed E-state index contributed by atoms with van der Waals surface area (Å²) in [5, 5.41) is 9.03. The number of carbonyl (C=O) groups is 1. The van der Waals surface area contributed by atoms with Gasteiger partial charge in [-0.05, 0) is 56.0 Å². The second-order valence-electron chi connectivity index (χ2n) is 11.4. The Labute approximate surface area is 248 Å². The van der Waals surface area contributed by atoms with Gasteiger partial charge in [0.2, 0.25) is 5.91 Å². The van der Waals surface area contributed by atoms with Crippen LogP contribution in [-0.2, 0) is 9.53 Å². The van der Waals surface area contributed by atoms with Crippen LogP contribution >= 0.6 is 0 Å². The number of hydrogen-bond donors (Lipinski definition) is 2. The van der Waals surface area contributed by atoms with E-state index >= 15 is 0 Å². The van der Waals surface area contributed by atoms with E-state index in [1.165, 1.54) is 6.33 Å². The highest BCUT2D eigenvalue weighted by Crippen LogP contribution is 2.35. The van der Waals surface area contributed by atoms with E-state index in [4.69, 9.17) is 20.0 Å². The topological polar surface area (TPSA) is 140 Å². The van der Waals surface area contributed by atoms with E-state index in [0.717, 1.165) is 70.5 Å². The molecule has 5 aromatic rings. The number of nitrogens with two attached hydrogens (primary N) is 1. The summed E-state index contributed by atoms with van der Waals surface area (Å²) < 4.78 is 13.4.